The zero-order chi connectivity index (χ0) is 17.4. The second kappa shape index (κ2) is 6.84. The maximum Gasteiger partial charge on any atom is 0.254 e. The summed E-state index contributed by atoms with van der Waals surface area (Å²) in [6, 6.07) is 9.91. The molecule has 25 heavy (non-hydrogen) atoms. The predicted molar refractivity (Wildman–Crippen MR) is 105 cm³/mol. The molecule has 1 aromatic carbocycles. The Morgan fingerprint density at radius 1 is 1.40 bits per heavy atom. The number of amides is 1. The summed E-state index contributed by atoms with van der Waals surface area (Å²) in [7, 11) is 0. The molecule has 0 saturated heterocycles. The van der Waals surface area contributed by atoms with Crippen LogP contribution < -0.4 is 0 Å². The molecule has 3 heterocycles. The first-order chi connectivity index (χ1) is 12.2. The van der Waals surface area contributed by atoms with E-state index in [1.54, 1.807) is 18.0 Å². The molecular weight excluding hydrogens is 398 g/mol. The first-order valence-electron chi connectivity index (χ1n) is 8.33. The van der Waals surface area contributed by atoms with E-state index < -0.39 is 0 Å². The molecule has 0 spiro atoms. The van der Waals surface area contributed by atoms with Gasteiger partial charge >= 0.3 is 0 Å². The van der Waals surface area contributed by atoms with Gasteiger partial charge in [-0.15, -0.1) is 11.8 Å². The zero-order valence-corrected chi connectivity index (χ0v) is 16.3. The Kier molecular flexibility index (Phi) is 4.56. The fourth-order valence-electron chi connectivity index (χ4n) is 3.33. The maximum absolute atomic E-state index is 13.0. The number of nitrogens with one attached hydrogen (secondary N) is 1. The number of rotatable bonds is 3. The number of fused-ring (bicyclic) bond motifs is 3. The van der Waals surface area contributed by atoms with E-state index in [9.17, 15) is 4.79 Å². The molecule has 3 aromatic rings. The topological polar surface area (TPSA) is 49.0 Å². The van der Waals surface area contributed by atoms with E-state index in [-0.39, 0.29) is 5.91 Å². The van der Waals surface area contributed by atoms with Gasteiger partial charge in [-0.25, -0.2) is 4.98 Å². The Bertz CT molecular complexity index is 953. The van der Waals surface area contributed by atoms with Gasteiger partial charge in [0.2, 0.25) is 0 Å². The van der Waals surface area contributed by atoms with E-state index >= 15 is 0 Å². The van der Waals surface area contributed by atoms with Crippen LogP contribution in [0.5, 0.6) is 0 Å². The summed E-state index contributed by atoms with van der Waals surface area (Å²) in [5, 5.41) is 2.10. The molecule has 0 saturated carbocycles. The van der Waals surface area contributed by atoms with Crippen LogP contribution in [0.3, 0.4) is 0 Å². The molecule has 4 nitrogen and oxygen atoms in total. The lowest BCUT2D eigenvalue weighted by atomic mass is 10.0. The molecule has 1 N–H and O–H groups in total. The third-order valence-corrected chi connectivity index (χ3v) is 5.99. The normalized spacial score (nSPS) is 13.9. The van der Waals surface area contributed by atoms with Crippen molar-refractivity contribution < 1.29 is 4.79 Å². The van der Waals surface area contributed by atoms with Crippen molar-refractivity contribution in [3.05, 3.63) is 57.8 Å². The molecule has 0 fully saturated rings. The van der Waals surface area contributed by atoms with Crippen molar-refractivity contribution in [2.45, 2.75) is 24.9 Å². The van der Waals surface area contributed by atoms with Crippen molar-refractivity contribution >= 4 is 44.5 Å². The number of carbonyl (C=O) groups is 1. The molecule has 0 unspecified atom stereocenters. The van der Waals surface area contributed by atoms with Crippen molar-refractivity contribution in [3.63, 3.8) is 0 Å². The number of benzene rings is 1. The number of aromatic nitrogens is 2. The standard InChI is InChI=1S/C19H18BrN3OS/c1-2-25-17-10-12(6-8-21-17)19(24)23-9-7-16-14(11-23)13-4-3-5-15(20)18(13)22-16/h3-6,8,10,22H,2,7,9,11H2,1H3. The number of hydrogen-bond donors (Lipinski definition) is 1. The average Bonchev–Trinajstić information content (AvgIpc) is 3.01. The molecule has 128 valence electrons. The van der Waals surface area contributed by atoms with E-state index in [1.807, 2.05) is 29.2 Å². The Morgan fingerprint density at radius 3 is 3.12 bits per heavy atom. The SMILES string of the molecule is CCSc1cc(C(=O)N2CCc3[nH]c4c(Br)cccc4c3C2)ccn1. The van der Waals surface area contributed by atoms with Crippen LogP contribution in [-0.4, -0.2) is 33.1 Å². The number of pyridine rings is 1. The van der Waals surface area contributed by atoms with Gasteiger partial charge in [0.25, 0.3) is 5.91 Å². The first-order valence-corrected chi connectivity index (χ1v) is 10.1. The molecule has 1 aliphatic heterocycles. The summed E-state index contributed by atoms with van der Waals surface area (Å²) in [6.07, 6.45) is 2.58. The maximum atomic E-state index is 13.0. The van der Waals surface area contributed by atoms with Crippen LogP contribution >= 0.6 is 27.7 Å². The fraction of sp³-hybridized carbons (Fsp3) is 0.263. The van der Waals surface area contributed by atoms with E-state index in [1.165, 1.54) is 16.6 Å². The highest BCUT2D eigenvalue weighted by Crippen LogP contribution is 2.32. The first kappa shape index (κ1) is 16.7. The minimum atomic E-state index is 0.0790. The number of thioether (sulfide) groups is 1. The van der Waals surface area contributed by atoms with Gasteiger partial charge in [-0.2, -0.15) is 0 Å². The lowest BCUT2D eigenvalue weighted by Crippen LogP contribution is -2.35. The fourth-order valence-corrected chi connectivity index (χ4v) is 4.43. The molecule has 0 bridgehead atoms. The number of carbonyl (C=O) groups excluding carboxylic acids is 1. The van der Waals surface area contributed by atoms with E-state index in [4.69, 9.17) is 0 Å². The highest BCUT2D eigenvalue weighted by atomic mass is 79.9. The number of nitrogens with zero attached hydrogens (tertiary/aromatic N) is 2. The second-order valence-electron chi connectivity index (χ2n) is 6.04. The highest BCUT2D eigenvalue weighted by Gasteiger charge is 2.25. The second-order valence-corrected chi connectivity index (χ2v) is 8.18. The summed E-state index contributed by atoms with van der Waals surface area (Å²) in [5.41, 5.74) is 4.30. The number of hydrogen-bond acceptors (Lipinski definition) is 3. The van der Waals surface area contributed by atoms with Gasteiger partial charge in [0.15, 0.2) is 0 Å². The van der Waals surface area contributed by atoms with Crippen LogP contribution in [0.15, 0.2) is 46.0 Å². The summed E-state index contributed by atoms with van der Waals surface area (Å²) >= 11 is 5.26. The van der Waals surface area contributed by atoms with E-state index in [2.05, 4.69) is 38.9 Å². The third-order valence-electron chi connectivity index (χ3n) is 4.52. The molecule has 0 radical (unpaired) electrons. The number of halogens is 1. The molecule has 4 rings (SSSR count). The molecule has 2 aromatic heterocycles. The molecule has 1 amide bonds. The van der Waals surface area contributed by atoms with Gasteiger partial charge in [-0.1, -0.05) is 19.1 Å². The average molecular weight is 416 g/mol. The molecule has 1 aliphatic rings. The minimum Gasteiger partial charge on any atom is -0.357 e. The van der Waals surface area contributed by atoms with Crippen LogP contribution in [0.25, 0.3) is 10.9 Å². The van der Waals surface area contributed by atoms with Crippen LogP contribution in [-0.2, 0) is 13.0 Å². The Morgan fingerprint density at radius 2 is 2.28 bits per heavy atom. The summed E-state index contributed by atoms with van der Waals surface area (Å²) < 4.78 is 1.06. The quantitative estimate of drug-likeness (QED) is 0.633. The number of para-hydroxylation sites is 1. The third kappa shape index (κ3) is 3.09. The van der Waals surface area contributed by atoms with Crippen molar-refractivity contribution in [2.24, 2.45) is 0 Å². The number of aromatic amines is 1. The number of H-pyrrole nitrogens is 1. The largest absolute Gasteiger partial charge is 0.357 e. The van der Waals surface area contributed by atoms with Gasteiger partial charge in [-0.3, -0.25) is 4.79 Å². The zero-order valence-electron chi connectivity index (χ0n) is 13.9. The van der Waals surface area contributed by atoms with E-state index in [0.717, 1.165) is 39.3 Å². The van der Waals surface area contributed by atoms with Gasteiger partial charge < -0.3 is 9.88 Å². The smallest absolute Gasteiger partial charge is 0.254 e. The summed E-state index contributed by atoms with van der Waals surface area (Å²) in [6.45, 7) is 3.46. The van der Waals surface area contributed by atoms with Gasteiger partial charge in [-0.05, 0) is 39.9 Å². The van der Waals surface area contributed by atoms with E-state index in [0.29, 0.717) is 6.54 Å². The summed E-state index contributed by atoms with van der Waals surface area (Å²) in [4.78, 5) is 22.7. The van der Waals surface area contributed by atoms with Crippen LogP contribution in [0.4, 0.5) is 0 Å². The molecule has 6 heteroatoms. The Labute approximate surface area is 159 Å². The lowest BCUT2D eigenvalue weighted by Gasteiger charge is -2.27. The Balaban J connectivity index is 1.64. The van der Waals surface area contributed by atoms with Crippen molar-refractivity contribution in [1.29, 1.82) is 0 Å². The molecular formula is C19H18BrN3OS. The van der Waals surface area contributed by atoms with Crippen LogP contribution in [0.1, 0.15) is 28.5 Å². The highest BCUT2D eigenvalue weighted by molar-refractivity contribution is 9.10. The molecule has 0 aliphatic carbocycles. The lowest BCUT2D eigenvalue weighted by molar-refractivity contribution is 0.0734. The van der Waals surface area contributed by atoms with Gasteiger partial charge in [0.05, 0.1) is 10.5 Å². The van der Waals surface area contributed by atoms with Crippen LogP contribution in [0, 0.1) is 0 Å². The summed E-state index contributed by atoms with van der Waals surface area (Å²) in [5.74, 6) is 1.03. The monoisotopic (exact) mass is 415 g/mol. The Hall–Kier alpha value is -1.79. The van der Waals surface area contributed by atoms with Crippen molar-refractivity contribution in [1.82, 2.24) is 14.9 Å². The van der Waals surface area contributed by atoms with Crippen molar-refractivity contribution in [2.75, 3.05) is 12.3 Å². The van der Waals surface area contributed by atoms with Crippen LogP contribution in [0.2, 0.25) is 0 Å². The van der Waals surface area contributed by atoms with Crippen molar-refractivity contribution in [3.8, 4) is 0 Å². The minimum absolute atomic E-state index is 0.0790. The predicted octanol–water partition coefficient (Wildman–Crippen LogP) is 4.64. The molecule has 0 atom stereocenters. The van der Waals surface area contributed by atoms with Gasteiger partial charge in [0, 0.05) is 52.4 Å². The van der Waals surface area contributed by atoms with Gasteiger partial charge in [0.1, 0.15) is 0 Å².